The third-order valence-corrected chi connectivity index (χ3v) is 7.38. The summed E-state index contributed by atoms with van der Waals surface area (Å²) >= 11 is 5.49. The van der Waals surface area contributed by atoms with Gasteiger partial charge in [0, 0.05) is 23.2 Å². The van der Waals surface area contributed by atoms with E-state index in [0.717, 1.165) is 16.5 Å². The van der Waals surface area contributed by atoms with Crippen molar-refractivity contribution in [2.75, 3.05) is 23.9 Å². The Kier molecular flexibility index (Phi) is 9.21. The number of benzene rings is 3. The van der Waals surface area contributed by atoms with Gasteiger partial charge in [0.05, 0.1) is 16.8 Å². The lowest BCUT2D eigenvalue weighted by molar-refractivity contribution is 0.306. The van der Waals surface area contributed by atoms with Crippen molar-refractivity contribution in [1.29, 1.82) is 0 Å². The van der Waals surface area contributed by atoms with Gasteiger partial charge in [-0.25, -0.2) is 14.4 Å². The van der Waals surface area contributed by atoms with Crippen LogP contribution in [0.3, 0.4) is 0 Å². The molecule has 7 nitrogen and oxygen atoms in total. The fraction of sp³-hybridized carbons (Fsp3) is 0.161. The minimum Gasteiger partial charge on any atom is -0.616 e. The second-order valence-corrected chi connectivity index (χ2v) is 11.2. The minimum atomic E-state index is -1.00. The maximum Gasteiger partial charge on any atom is 0.141 e. The summed E-state index contributed by atoms with van der Waals surface area (Å²) in [5, 5.41) is 7.82. The maximum atomic E-state index is 13.5. The van der Waals surface area contributed by atoms with Gasteiger partial charge in [-0.2, -0.15) is 0 Å². The molecule has 0 aliphatic carbocycles. The summed E-state index contributed by atoms with van der Waals surface area (Å²) in [4.78, 5) is 8.86. The average Bonchev–Trinajstić information content (AvgIpc) is 3.45. The number of furan rings is 1. The zero-order valence-corrected chi connectivity index (χ0v) is 23.8. The summed E-state index contributed by atoms with van der Waals surface area (Å²) in [5.74, 6) is 2.57. The summed E-state index contributed by atoms with van der Waals surface area (Å²) in [5.41, 5.74) is 3.02. The van der Waals surface area contributed by atoms with Crippen molar-refractivity contribution < 1.29 is 18.1 Å². The third kappa shape index (κ3) is 7.25. The highest BCUT2D eigenvalue weighted by Crippen LogP contribution is 2.33. The molecule has 0 saturated carbocycles. The molecule has 2 atom stereocenters. The van der Waals surface area contributed by atoms with Crippen molar-refractivity contribution in [1.82, 2.24) is 15.3 Å². The van der Waals surface area contributed by atoms with Crippen LogP contribution in [-0.4, -0.2) is 33.1 Å². The van der Waals surface area contributed by atoms with E-state index >= 15 is 0 Å². The lowest BCUT2D eigenvalue weighted by atomic mass is 10.1. The van der Waals surface area contributed by atoms with Crippen LogP contribution in [-0.2, 0) is 17.8 Å². The third-order valence-electron chi connectivity index (χ3n) is 6.28. The predicted molar refractivity (Wildman–Crippen MR) is 163 cm³/mol. The van der Waals surface area contributed by atoms with Gasteiger partial charge in [-0.05, 0) is 66.2 Å². The first-order valence-electron chi connectivity index (χ1n) is 12.8. The number of nitrogens with one attached hydrogen (secondary N) is 2. The molecule has 0 saturated heterocycles. The molecule has 0 aliphatic heterocycles. The number of anilines is 2. The second-order valence-electron chi connectivity index (χ2n) is 9.33. The first-order chi connectivity index (χ1) is 19.9. The van der Waals surface area contributed by atoms with E-state index < -0.39 is 11.2 Å². The Morgan fingerprint density at radius 1 is 1.12 bits per heavy atom. The molecule has 0 amide bonds. The highest BCUT2D eigenvalue weighted by molar-refractivity contribution is 7.90. The normalized spacial score (nSPS) is 12.7. The van der Waals surface area contributed by atoms with E-state index in [9.17, 15) is 8.94 Å². The summed E-state index contributed by atoms with van der Waals surface area (Å²) in [6.07, 6.45) is 4.92. The van der Waals surface area contributed by atoms with Crippen molar-refractivity contribution in [2.24, 2.45) is 0 Å². The van der Waals surface area contributed by atoms with Gasteiger partial charge in [0.1, 0.15) is 53.6 Å². The van der Waals surface area contributed by atoms with Crippen LogP contribution < -0.4 is 15.4 Å². The average molecular weight is 591 g/mol. The van der Waals surface area contributed by atoms with Gasteiger partial charge < -0.3 is 19.0 Å². The molecule has 0 fully saturated rings. The number of hydrogen-bond acceptors (Lipinski definition) is 7. The molecule has 41 heavy (non-hydrogen) atoms. The Morgan fingerprint density at radius 2 is 2.00 bits per heavy atom. The van der Waals surface area contributed by atoms with Crippen LogP contribution >= 0.6 is 11.6 Å². The topological polar surface area (TPSA) is 95.3 Å². The van der Waals surface area contributed by atoms with Gasteiger partial charge in [-0.1, -0.05) is 41.0 Å². The van der Waals surface area contributed by atoms with Crippen LogP contribution in [0.25, 0.3) is 22.2 Å². The molecule has 0 aliphatic rings. The Balaban J connectivity index is 1.35. The minimum absolute atomic E-state index is 0.194. The van der Waals surface area contributed by atoms with E-state index in [1.165, 1.54) is 18.5 Å². The summed E-state index contributed by atoms with van der Waals surface area (Å²) in [7, 11) is 0. The summed E-state index contributed by atoms with van der Waals surface area (Å²) in [6.45, 7) is 4.51. The lowest BCUT2D eigenvalue weighted by Crippen LogP contribution is -2.27. The van der Waals surface area contributed by atoms with E-state index in [0.29, 0.717) is 51.7 Å². The van der Waals surface area contributed by atoms with Gasteiger partial charge >= 0.3 is 0 Å². The van der Waals surface area contributed by atoms with Crippen molar-refractivity contribution in [3.05, 3.63) is 114 Å². The van der Waals surface area contributed by atoms with Gasteiger partial charge in [-0.15, -0.1) is 6.58 Å². The highest BCUT2D eigenvalue weighted by atomic mass is 35.5. The second kappa shape index (κ2) is 13.2. The summed E-state index contributed by atoms with van der Waals surface area (Å²) in [6, 6.07) is 21.0. The molecule has 0 spiro atoms. The van der Waals surface area contributed by atoms with E-state index in [-0.39, 0.29) is 18.5 Å². The number of hydrogen-bond donors (Lipinski definition) is 2. The molecule has 5 rings (SSSR count). The number of ether oxygens (including phenoxy) is 1. The monoisotopic (exact) mass is 590 g/mol. The van der Waals surface area contributed by atoms with Crippen LogP contribution in [0.5, 0.6) is 5.75 Å². The Hall–Kier alpha value is -3.89. The van der Waals surface area contributed by atoms with Gasteiger partial charge in [0.25, 0.3) is 0 Å². The van der Waals surface area contributed by atoms with Crippen molar-refractivity contribution in [3.8, 4) is 17.1 Å². The molecule has 0 bridgehead atoms. The number of fused-ring (bicyclic) bond motifs is 1. The van der Waals surface area contributed by atoms with E-state index in [4.69, 9.17) is 20.8 Å². The van der Waals surface area contributed by atoms with Crippen molar-refractivity contribution >= 4 is 45.2 Å². The van der Waals surface area contributed by atoms with Crippen LogP contribution in [0.4, 0.5) is 15.9 Å². The van der Waals surface area contributed by atoms with Crippen LogP contribution in [0, 0.1) is 5.82 Å². The number of nitrogens with zero attached hydrogens (tertiary/aromatic N) is 2. The molecule has 10 heteroatoms. The SMILES string of the molecule is C=CCN[C@@H](C[S+](C)[O-])c1ccc(-c2ccc3ncnc(Nc4ccc(OCc5cccc(F)c5)c(Cl)c4)c3c2)o1. The lowest BCUT2D eigenvalue weighted by Gasteiger charge is -2.16. The molecular weight excluding hydrogens is 563 g/mol. The molecule has 2 aromatic heterocycles. The molecule has 0 radical (unpaired) electrons. The van der Waals surface area contributed by atoms with Crippen LogP contribution in [0.1, 0.15) is 17.4 Å². The fourth-order valence-electron chi connectivity index (χ4n) is 4.33. The first kappa shape index (κ1) is 28.6. The maximum absolute atomic E-state index is 13.5. The van der Waals surface area contributed by atoms with E-state index in [2.05, 4.69) is 27.2 Å². The number of aromatic nitrogens is 2. The van der Waals surface area contributed by atoms with E-state index in [1.54, 1.807) is 36.6 Å². The molecule has 5 aromatic rings. The first-order valence-corrected chi connectivity index (χ1v) is 14.9. The summed E-state index contributed by atoms with van der Waals surface area (Å²) < 4.78 is 37.3. The molecule has 1 unspecified atom stereocenters. The largest absolute Gasteiger partial charge is 0.616 e. The van der Waals surface area contributed by atoms with Crippen LogP contribution in [0.2, 0.25) is 5.02 Å². The molecule has 2 heterocycles. The zero-order chi connectivity index (χ0) is 28.8. The zero-order valence-electron chi connectivity index (χ0n) is 22.3. The van der Waals surface area contributed by atoms with Crippen molar-refractivity contribution in [2.45, 2.75) is 12.6 Å². The Bertz CT molecular complexity index is 1660. The highest BCUT2D eigenvalue weighted by Gasteiger charge is 2.20. The molecule has 2 N–H and O–H groups in total. The smallest absolute Gasteiger partial charge is 0.141 e. The van der Waals surface area contributed by atoms with Gasteiger partial charge in [0.2, 0.25) is 0 Å². The Morgan fingerprint density at radius 3 is 2.78 bits per heavy atom. The molecular formula is C31H28ClFN4O3S. The number of halogens is 2. The Labute approximate surface area is 245 Å². The predicted octanol–water partition coefficient (Wildman–Crippen LogP) is 7.20. The standard InChI is InChI=1S/C31H28ClFN4O3S/c1-3-13-34-27(18-41(2)38)30-12-11-28(40-30)21-7-9-26-24(15-21)31(36-19-35-26)37-23-8-10-29(25(32)16-23)39-17-20-5-4-6-22(33)14-20/h3-12,14-16,19,27,34H,1,13,17-18H2,2H3,(H,35,36,37)/t27-,41?/m0/s1. The molecule has 210 valence electrons. The van der Waals surface area contributed by atoms with Gasteiger partial charge in [0.15, 0.2) is 0 Å². The fourth-order valence-corrected chi connectivity index (χ4v) is 5.31. The molecule has 3 aromatic carbocycles. The van der Waals surface area contributed by atoms with Crippen LogP contribution in [0.15, 0.2) is 96.2 Å². The number of rotatable bonds is 12. The van der Waals surface area contributed by atoms with Gasteiger partial charge in [-0.3, -0.25) is 5.32 Å². The van der Waals surface area contributed by atoms with E-state index in [1.807, 2.05) is 36.4 Å². The quantitative estimate of drug-likeness (QED) is 0.117. The van der Waals surface area contributed by atoms with Crippen molar-refractivity contribution in [3.63, 3.8) is 0 Å².